The van der Waals surface area contributed by atoms with Gasteiger partial charge in [0.05, 0.1) is 13.7 Å². The average molecular weight is 445 g/mol. The van der Waals surface area contributed by atoms with E-state index < -0.39 is 0 Å². The lowest BCUT2D eigenvalue weighted by atomic mass is 9.88. The average Bonchev–Trinajstić information content (AvgIpc) is 3.18. The van der Waals surface area contributed by atoms with E-state index in [4.69, 9.17) is 14.2 Å². The quantitative estimate of drug-likeness (QED) is 0.533. The van der Waals surface area contributed by atoms with Crippen molar-refractivity contribution >= 4 is 5.91 Å². The van der Waals surface area contributed by atoms with Gasteiger partial charge in [-0.05, 0) is 35.2 Å². The first kappa shape index (κ1) is 24.2. The van der Waals surface area contributed by atoms with Crippen molar-refractivity contribution in [2.75, 3.05) is 60.7 Å². The number of methoxy groups -OCH3 is 3. The monoisotopic (exact) mass is 444 g/mol. The molecule has 0 aromatic heterocycles. The molecule has 1 amide bonds. The second kappa shape index (κ2) is 11.9. The lowest BCUT2D eigenvalue weighted by molar-refractivity contribution is -0.136. The standard InChI is InChI=1S/C25H33FN2O4/c1-30-12-11-28(25(29)18-31-2)16-20-15-27(14-19-7-6-8-21(26)13-19)17-23(20)22-9-4-5-10-24(22)32-3/h4-10,13,20,23H,11-12,14-18H2,1-3H3. The number of halogens is 1. The van der Waals surface area contributed by atoms with Gasteiger partial charge in [0.25, 0.3) is 0 Å². The smallest absolute Gasteiger partial charge is 0.248 e. The Morgan fingerprint density at radius 2 is 1.91 bits per heavy atom. The van der Waals surface area contributed by atoms with Gasteiger partial charge < -0.3 is 19.1 Å². The highest BCUT2D eigenvalue weighted by atomic mass is 19.1. The molecular formula is C25H33FN2O4. The third-order valence-electron chi connectivity index (χ3n) is 5.99. The maximum atomic E-state index is 13.7. The van der Waals surface area contributed by atoms with Crippen molar-refractivity contribution in [1.82, 2.24) is 9.80 Å². The van der Waals surface area contributed by atoms with E-state index in [1.54, 1.807) is 26.4 Å². The van der Waals surface area contributed by atoms with Gasteiger partial charge in [0.2, 0.25) is 5.91 Å². The molecule has 0 aliphatic carbocycles. The maximum absolute atomic E-state index is 13.7. The molecule has 6 nitrogen and oxygen atoms in total. The Hall–Kier alpha value is -2.48. The first-order chi connectivity index (χ1) is 15.5. The number of nitrogens with zero attached hydrogens (tertiary/aromatic N) is 2. The molecule has 32 heavy (non-hydrogen) atoms. The van der Waals surface area contributed by atoms with Gasteiger partial charge in [0.15, 0.2) is 0 Å². The number of hydrogen-bond acceptors (Lipinski definition) is 5. The van der Waals surface area contributed by atoms with E-state index in [2.05, 4.69) is 11.0 Å². The minimum absolute atomic E-state index is 0.0444. The lowest BCUT2D eigenvalue weighted by Crippen LogP contribution is -2.41. The van der Waals surface area contributed by atoms with Crippen LogP contribution in [0.5, 0.6) is 5.75 Å². The summed E-state index contributed by atoms with van der Waals surface area (Å²) in [6.07, 6.45) is 0. The van der Waals surface area contributed by atoms with Crippen LogP contribution >= 0.6 is 0 Å². The van der Waals surface area contributed by atoms with Crippen LogP contribution in [0.3, 0.4) is 0 Å². The lowest BCUT2D eigenvalue weighted by Gasteiger charge is -2.29. The molecule has 1 saturated heterocycles. The molecule has 1 fully saturated rings. The number of likely N-dealkylation sites (tertiary alicyclic amines) is 1. The molecule has 2 atom stereocenters. The molecule has 0 saturated carbocycles. The Morgan fingerprint density at radius 3 is 2.62 bits per heavy atom. The summed E-state index contributed by atoms with van der Waals surface area (Å²) in [5.41, 5.74) is 2.07. The van der Waals surface area contributed by atoms with Crippen LogP contribution in [0.1, 0.15) is 17.0 Å². The van der Waals surface area contributed by atoms with E-state index in [0.717, 1.165) is 30.0 Å². The van der Waals surface area contributed by atoms with Crippen molar-refractivity contribution in [3.8, 4) is 5.75 Å². The van der Waals surface area contributed by atoms with Crippen LogP contribution in [0.2, 0.25) is 0 Å². The van der Waals surface area contributed by atoms with Gasteiger partial charge in [-0.25, -0.2) is 4.39 Å². The van der Waals surface area contributed by atoms with Crippen molar-refractivity contribution < 1.29 is 23.4 Å². The number of hydrogen-bond donors (Lipinski definition) is 0. The highest BCUT2D eigenvalue weighted by Crippen LogP contribution is 2.38. The first-order valence-electron chi connectivity index (χ1n) is 10.9. The summed E-state index contributed by atoms with van der Waals surface area (Å²) in [7, 11) is 4.84. The molecule has 2 unspecified atom stereocenters. The van der Waals surface area contributed by atoms with Gasteiger partial charge in [-0.15, -0.1) is 0 Å². The van der Waals surface area contributed by atoms with Crippen molar-refractivity contribution in [3.63, 3.8) is 0 Å². The zero-order chi connectivity index (χ0) is 22.9. The number of carbonyl (C=O) groups is 1. The van der Waals surface area contributed by atoms with Crippen molar-refractivity contribution in [2.45, 2.75) is 12.5 Å². The van der Waals surface area contributed by atoms with Crippen LogP contribution in [0.15, 0.2) is 48.5 Å². The van der Waals surface area contributed by atoms with Crippen LogP contribution in [0.25, 0.3) is 0 Å². The summed E-state index contributed by atoms with van der Waals surface area (Å²) < 4.78 is 29.7. The summed E-state index contributed by atoms with van der Waals surface area (Å²) in [6, 6.07) is 14.8. The summed E-state index contributed by atoms with van der Waals surface area (Å²) in [6.45, 7) is 3.87. The molecule has 7 heteroatoms. The molecule has 2 aromatic carbocycles. The fourth-order valence-corrected chi connectivity index (χ4v) is 4.51. The summed E-state index contributed by atoms with van der Waals surface area (Å²) in [5.74, 6) is 0.946. The summed E-state index contributed by atoms with van der Waals surface area (Å²) in [4.78, 5) is 16.8. The molecule has 174 valence electrons. The second-order valence-electron chi connectivity index (χ2n) is 8.20. The van der Waals surface area contributed by atoms with Gasteiger partial charge >= 0.3 is 0 Å². The fraction of sp³-hybridized carbons (Fsp3) is 0.480. The minimum Gasteiger partial charge on any atom is -0.496 e. The zero-order valence-corrected chi connectivity index (χ0v) is 19.1. The molecule has 0 bridgehead atoms. The normalized spacial score (nSPS) is 18.6. The Morgan fingerprint density at radius 1 is 1.09 bits per heavy atom. The predicted molar refractivity (Wildman–Crippen MR) is 121 cm³/mol. The molecular weight excluding hydrogens is 411 g/mol. The van der Waals surface area contributed by atoms with Crippen molar-refractivity contribution in [1.29, 1.82) is 0 Å². The van der Waals surface area contributed by atoms with Gasteiger partial charge in [-0.3, -0.25) is 9.69 Å². The molecule has 0 spiro atoms. The van der Waals surface area contributed by atoms with E-state index in [1.165, 1.54) is 13.2 Å². The van der Waals surface area contributed by atoms with E-state index in [9.17, 15) is 9.18 Å². The highest BCUT2D eigenvalue weighted by Gasteiger charge is 2.37. The Labute approximate surface area is 189 Å². The van der Waals surface area contributed by atoms with Gasteiger partial charge in [-0.1, -0.05) is 30.3 Å². The van der Waals surface area contributed by atoms with Gasteiger partial charge in [0.1, 0.15) is 18.2 Å². The Kier molecular flexibility index (Phi) is 9.02. The molecule has 1 aliphatic heterocycles. The van der Waals surface area contributed by atoms with E-state index in [-0.39, 0.29) is 30.2 Å². The zero-order valence-electron chi connectivity index (χ0n) is 19.1. The van der Waals surface area contributed by atoms with Crippen LogP contribution in [-0.4, -0.2) is 76.4 Å². The largest absolute Gasteiger partial charge is 0.496 e. The number of amides is 1. The first-order valence-corrected chi connectivity index (χ1v) is 10.9. The number of ether oxygens (including phenoxy) is 3. The molecule has 3 rings (SSSR count). The summed E-state index contributed by atoms with van der Waals surface area (Å²) in [5, 5.41) is 0. The third-order valence-corrected chi connectivity index (χ3v) is 5.99. The number of rotatable bonds is 11. The van der Waals surface area contributed by atoms with Gasteiger partial charge in [0, 0.05) is 52.9 Å². The van der Waals surface area contributed by atoms with Crippen molar-refractivity contribution in [3.05, 3.63) is 65.5 Å². The van der Waals surface area contributed by atoms with Crippen LogP contribution in [0, 0.1) is 11.7 Å². The van der Waals surface area contributed by atoms with Crippen molar-refractivity contribution in [2.24, 2.45) is 5.92 Å². The Bertz CT molecular complexity index is 879. The van der Waals surface area contributed by atoms with E-state index in [1.807, 2.05) is 29.2 Å². The van der Waals surface area contributed by atoms with E-state index >= 15 is 0 Å². The summed E-state index contributed by atoms with van der Waals surface area (Å²) >= 11 is 0. The van der Waals surface area contributed by atoms with Crippen LogP contribution in [0.4, 0.5) is 4.39 Å². The fourth-order valence-electron chi connectivity index (χ4n) is 4.51. The topological polar surface area (TPSA) is 51.2 Å². The number of benzene rings is 2. The number of carbonyl (C=O) groups excluding carboxylic acids is 1. The van der Waals surface area contributed by atoms with Crippen LogP contribution < -0.4 is 4.74 Å². The predicted octanol–water partition coefficient (Wildman–Crippen LogP) is 3.17. The molecule has 2 aromatic rings. The van der Waals surface area contributed by atoms with Gasteiger partial charge in [-0.2, -0.15) is 0 Å². The Balaban J connectivity index is 1.84. The van der Waals surface area contributed by atoms with E-state index in [0.29, 0.717) is 26.2 Å². The molecule has 0 radical (unpaired) electrons. The maximum Gasteiger partial charge on any atom is 0.248 e. The molecule has 0 N–H and O–H groups in total. The SMILES string of the molecule is COCCN(CC1CN(Cc2cccc(F)c2)CC1c1ccccc1OC)C(=O)COC. The number of para-hydroxylation sites is 1. The molecule has 1 aliphatic rings. The highest BCUT2D eigenvalue weighted by molar-refractivity contribution is 5.77. The second-order valence-corrected chi connectivity index (χ2v) is 8.20. The molecule has 1 heterocycles. The minimum atomic E-state index is -0.226. The third kappa shape index (κ3) is 6.28. The van der Waals surface area contributed by atoms with Crippen LogP contribution in [-0.2, 0) is 20.8 Å².